The number of hydrogen-bond acceptors (Lipinski definition) is 4. The monoisotopic (exact) mass is 315 g/mol. The lowest BCUT2D eigenvalue weighted by molar-refractivity contribution is 0.276. The number of furan rings is 1. The first-order chi connectivity index (χ1) is 9.86. The van der Waals surface area contributed by atoms with E-state index in [2.05, 4.69) is 4.72 Å². The third-order valence-electron chi connectivity index (χ3n) is 4.45. The van der Waals surface area contributed by atoms with Crippen molar-refractivity contribution in [2.24, 2.45) is 5.92 Å². The molecule has 5 nitrogen and oxygen atoms in total. The fourth-order valence-electron chi connectivity index (χ4n) is 3.28. The number of aryl methyl sites for hydroxylation is 2. The SMILES string of the molecule is Cc1oc(C)c(S(=O)(=O)NC(C)C2CCCCC2)c1CO. The Labute approximate surface area is 126 Å². The van der Waals surface area contributed by atoms with E-state index >= 15 is 0 Å². The Morgan fingerprint density at radius 1 is 1.24 bits per heavy atom. The fourth-order valence-corrected chi connectivity index (χ4v) is 5.03. The number of aliphatic hydroxyl groups excluding tert-OH is 1. The summed E-state index contributed by atoms with van der Waals surface area (Å²) in [5.41, 5.74) is 0.357. The molecule has 120 valence electrons. The molecule has 0 saturated heterocycles. The molecule has 1 fully saturated rings. The van der Waals surface area contributed by atoms with Gasteiger partial charge in [0.2, 0.25) is 10.0 Å². The van der Waals surface area contributed by atoms with Crippen LogP contribution in [0.2, 0.25) is 0 Å². The maximum Gasteiger partial charge on any atom is 0.244 e. The quantitative estimate of drug-likeness (QED) is 0.875. The van der Waals surface area contributed by atoms with Crippen LogP contribution in [0.1, 0.15) is 56.1 Å². The van der Waals surface area contributed by atoms with Crippen molar-refractivity contribution in [3.8, 4) is 0 Å². The van der Waals surface area contributed by atoms with Crippen LogP contribution >= 0.6 is 0 Å². The van der Waals surface area contributed by atoms with Crippen molar-refractivity contribution < 1.29 is 17.9 Å². The topological polar surface area (TPSA) is 79.5 Å². The second-order valence-corrected chi connectivity index (χ2v) is 7.64. The summed E-state index contributed by atoms with van der Waals surface area (Å²) < 4.78 is 33.4. The van der Waals surface area contributed by atoms with Crippen LogP contribution in [-0.2, 0) is 16.6 Å². The summed E-state index contributed by atoms with van der Waals surface area (Å²) in [6, 6.07) is -0.101. The van der Waals surface area contributed by atoms with Gasteiger partial charge in [-0.25, -0.2) is 13.1 Å². The van der Waals surface area contributed by atoms with Crippen LogP contribution in [0.15, 0.2) is 9.31 Å². The molecule has 0 aliphatic heterocycles. The highest BCUT2D eigenvalue weighted by Crippen LogP contribution is 2.30. The van der Waals surface area contributed by atoms with Gasteiger partial charge in [0.05, 0.1) is 6.61 Å². The van der Waals surface area contributed by atoms with Crippen LogP contribution in [0.25, 0.3) is 0 Å². The van der Waals surface area contributed by atoms with Gasteiger partial charge in [-0.3, -0.25) is 0 Å². The number of rotatable bonds is 5. The van der Waals surface area contributed by atoms with E-state index in [9.17, 15) is 13.5 Å². The van der Waals surface area contributed by atoms with Crippen LogP contribution in [-0.4, -0.2) is 19.6 Å². The average Bonchev–Trinajstić information content (AvgIpc) is 2.73. The number of hydrogen-bond donors (Lipinski definition) is 2. The van der Waals surface area contributed by atoms with Crippen molar-refractivity contribution in [1.82, 2.24) is 4.72 Å². The number of aliphatic hydroxyl groups is 1. The molecule has 1 aromatic rings. The lowest BCUT2D eigenvalue weighted by atomic mass is 9.85. The molecule has 6 heteroatoms. The smallest absolute Gasteiger partial charge is 0.244 e. The van der Waals surface area contributed by atoms with Crippen molar-refractivity contribution in [3.63, 3.8) is 0 Å². The molecule has 0 radical (unpaired) electrons. The van der Waals surface area contributed by atoms with Gasteiger partial charge in [0.25, 0.3) is 0 Å². The van der Waals surface area contributed by atoms with Gasteiger partial charge in [-0.15, -0.1) is 0 Å². The highest BCUT2D eigenvalue weighted by atomic mass is 32.2. The van der Waals surface area contributed by atoms with Crippen LogP contribution in [0.3, 0.4) is 0 Å². The van der Waals surface area contributed by atoms with Gasteiger partial charge >= 0.3 is 0 Å². The first kappa shape index (κ1) is 16.5. The molecule has 2 rings (SSSR count). The van der Waals surface area contributed by atoms with E-state index in [1.165, 1.54) is 19.3 Å². The molecule has 1 aliphatic carbocycles. The van der Waals surface area contributed by atoms with Crippen molar-refractivity contribution in [2.75, 3.05) is 0 Å². The summed E-state index contributed by atoms with van der Waals surface area (Å²) >= 11 is 0. The Morgan fingerprint density at radius 3 is 2.43 bits per heavy atom. The molecular weight excluding hydrogens is 290 g/mol. The van der Waals surface area contributed by atoms with E-state index in [1.807, 2.05) is 6.92 Å². The minimum Gasteiger partial charge on any atom is -0.465 e. The minimum atomic E-state index is -3.67. The van der Waals surface area contributed by atoms with Crippen LogP contribution in [0.4, 0.5) is 0 Å². The summed E-state index contributed by atoms with van der Waals surface area (Å²) in [6.07, 6.45) is 5.72. The molecule has 21 heavy (non-hydrogen) atoms. The van der Waals surface area contributed by atoms with E-state index in [4.69, 9.17) is 4.42 Å². The summed E-state index contributed by atoms with van der Waals surface area (Å²) in [4.78, 5) is 0.102. The second-order valence-electron chi connectivity index (χ2n) is 5.99. The first-order valence-electron chi connectivity index (χ1n) is 7.59. The Bertz CT molecular complexity index is 585. The maximum atomic E-state index is 12.6. The zero-order chi connectivity index (χ0) is 15.6. The van der Waals surface area contributed by atoms with Crippen molar-refractivity contribution >= 4 is 10.0 Å². The molecule has 1 heterocycles. The third kappa shape index (κ3) is 3.49. The largest absolute Gasteiger partial charge is 0.465 e. The van der Waals surface area contributed by atoms with Crippen LogP contribution < -0.4 is 4.72 Å². The lowest BCUT2D eigenvalue weighted by Crippen LogP contribution is -2.39. The van der Waals surface area contributed by atoms with E-state index in [1.54, 1.807) is 13.8 Å². The molecular formula is C15H25NO4S. The van der Waals surface area contributed by atoms with E-state index in [-0.39, 0.29) is 17.5 Å². The van der Waals surface area contributed by atoms with Gasteiger partial charge in [-0.05, 0) is 39.5 Å². The highest BCUT2D eigenvalue weighted by molar-refractivity contribution is 7.89. The Kier molecular flexibility index (Phi) is 5.11. The summed E-state index contributed by atoms with van der Waals surface area (Å²) in [5.74, 6) is 1.18. The Hall–Kier alpha value is -0.850. The molecule has 1 saturated carbocycles. The minimum absolute atomic E-state index is 0.101. The summed E-state index contributed by atoms with van der Waals surface area (Å²) in [7, 11) is -3.67. The Morgan fingerprint density at radius 2 is 1.86 bits per heavy atom. The fraction of sp³-hybridized carbons (Fsp3) is 0.733. The molecule has 0 amide bonds. The molecule has 0 aromatic carbocycles. The van der Waals surface area contributed by atoms with Crippen LogP contribution in [0, 0.1) is 19.8 Å². The van der Waals surface area contributed by atoms with Crippen molar-refractivity contribution in [2.45, 2.75) is 70.4 Å². The summed E-state index contributed by atoms with van der Waals surface area (Å²) in [6.45, 7) is 4.87. The molecule has 1 atom stereocenters. The lowest BCUT2D eigenvalue weighted by Gasteiger charge is -2.28. The molecule has 1 aliphatic rings. The molecule has 1 aromatic heterocycles. The van der Waals surface area contributed by atoms with Crippen LogP contribution in [0.5, 0.6) is 0 Å². The maximum absolute atomic E-state index is 12.6. The van der Waals surface area contributed by atoms with Gasteiger partial charge in [-0.2, -0.15) is 0 Å². The Balaban J connectivity index is 2.22. The van der Waals surface area contributed by atoms with Crippen molar-refractivity contribution in [3.05, 3.63) is 17.1 Å². The highest BCUT2D eigenvalue weighted by Gasteiger charge is 2.30. The zero-order valence-electron chi connectivity index (χ0n) is 13.0. The van der Waals surface area contributed by atoms with E-state index in [0.29, 0.717) is 23.0 Å². The molecule has 2 N–H and O–H groups in total. The second kappa shape index (κ2) is 6.50. The van der Waals surface area contributed by atoms with E-state index in [0.717, 1.165) is 12.8 Å². The van der Waals surface area contributed by atoms with E-state index < -0.39 is 10.0 Å². The summed E-state index contributed by atoms with van der Waals surface area (Å²) in [5, 5.41) is 9.41. The third-order valence-corrected chi connectivity index (χ3v) is 6.20. The van der Waals surface area contributed by atoms with Crippen molar-refractivity contribution in [1.29, 1.82) is 0 Å². The molecule has 1 unspecified atom stereocenters. The van der Waals surface area contributed by atoms with Gasteiger partial charge in [0.15, 0.2) is 0 Å². The first-order valence-corrected chi connectivity index (χ1v) is 9.07. The van der Waals surface area contributed by atoms with Gasteiger partial charge in [-0.1, -0.05) is 19.3 Å². The number of sulfonamides is 1. The zero-order valence-corrected chi connectivity index (χ0v) is 13.8. The predicted octanol–water partition coefficient (Wildman–Crippen LogP) is 2.64. The average molecular weight is 315 g/mol. The van der Waals surface area contributed by atoms with Gasteiger partial charge < -0.3 is 9.52 Å². The standard InChI is InChI=1S/C15H25NO4S/c1-10(13-7-5-4-6-8-13)16-21(18,19)15-12(3)20-11(2)14(15)9-17/h10,13,16-17H,4-9H2,1-3H3. The normalized spacial score (nSPS) is 18.9. The number of nitrogens with one attached hydrogen (secondary N) is 1. The van der Waals surface area contributed by atoms with Gasteiger partial charge in [0, 0.05) is 11.6 Å². The van der Waals surface area contributed by atoms with Gasteiger partial charge in [0.1, 0.15) is 16.4 Å². The molecule has 0 spiro atoms. The molecule has 0 bridgehead atoms. The predicted molar refractivity (Wildman–Crippen MR) is 80.5 cm³/mol.